The molecular formula is C18H22N4O. The van der Waals surface area contributed by atoms with Crippen molar-refractivity contribution in [3.8, 4) is 11.1 Å². The van der Waals surface area contributed by atoms with Crippen LogP contribution in [0.5, 0.6) is 0 Å². The number of nitrogens with zero attached hydrogens (tertiary/aromatic N) is 4. The van der Waals surface area contributed by atoms with Crippen molar-refractivity contribution in [3.05, 3.63) is 42.7 Å². The van der Waals surface area contributed by atoms with E-state index >= 15 is 0 Å². The molecule has 5 heteroatoms. The summed E-state index contributed by atoms with van der Waals surface area (Å²) in [4.78, 5) is 27.1. The summed E-state index contributed by atoms with van der Waals surface area (Å²) in [6.07, 6.45) is 9.09. The van der Waals surface area contributed by atoms with Gasteiger partial charge in [0.25, 0.3) is 0 Å². The minimum atomic E-state index is 0.0406. The molecule has 1 saturated heterocycles. The number of aromatic nitrogens is 3. The summed E-state index contributed by atoms with van der Waals surface area (Å²) in [6, 6.07) is 3.95. The standard InChI is InChI=1S/C18H22N4O/c1-13(2)18(23)22-9-3-4-15(11-22)17-16(10-20-12-21-17)14-5-7-19-8-6-14/h5-8,10,12-13,15H,3-4,9,11H2,1-2H3. The Morgan fingerprint density at radius 2 is 2.04 bits per heavy atom. The van der Waals surface area contributed by atoms with Crippen LogP contribution in [0.2, 0.25) is 0 Å². The van der Waals surface area contributed by atoms with E-state index in [1.54, 1.807) is 18.7 Å². The van der Waals surface area contributed by atoms with Crippen molar-refractivity contribution < 1.29 is 4.79 Å². The van der Waals surface area contributed by atoms with Gasteiger partial charge in [-0.05, 0) is 30.5 Å². The van der Waals surface area contributed by atoms with Crippen molar-refractivity contribution in [2.24, 2.45) is 5.92 Å². The molecule has 0 bridgehead atoms. The zero-order valence-electron chi connectivity index (χ0n) is 13.6. The highest BCUT2D eigenvalue weighted by atomic mass is 16.2. The highest BCUT2D eigenvalue weighted by Crippen LogP contribution is 2.32. The predicted octanol–water partition coefficient (Wildman–Crippen LogP) is 2.90. The van der Waals surface area contributed by atoms with Crippen molar-refractivity contribution in [1.82, 2.24) is 19.9 Å². The molecule has 0 aromatic carbocycles. The number of piperidine rings is 1. The maximum absolute atomic E-state index is 12.3. The molecule has 1 unspecified atom stereocenters. The molecule has 3 heterocycles. The van der Waals surface area contributed by atoms with Gasteiger partial charge in [0, 0.05) is 49.1 Å². The molecule has 0 radical (unpaired) electrons. The lowest BCUT2D eigenvalue weighted by molar-refractivity contribution is -0.135. The molecule has 0 spiro atoms. The Balaban J connectivity index is 1.89. The Bertz CT molecular complexity index is 672. The van der Waals surface area contributed by atoms with Gasteiger partial charge < -0.3 is 4.90 Å². The minimum Gasteiger partial charge on any atom is -0.342 e. The quantitative estimate of drug-likeness (QED) is 0.874. The second kappa shape index (κ2) is 6.86. The van der Waals surface area contributed by atoms with Gasteiger partial charge in [0.1, 0.15) is 6.33 Å². The van der Waals surface area contributed by atoms with Crippen LogP contribution >= 0.6 is 0 Å². The molecular weight excluding hydrogens is 288 g/mol. The highest BCUT2D eigenvalue weighted by molar-refractivity contribution is 5.78. The third-order valence-electron chi connectivity index (χ3n) is 4.35. The summed E-state index contributed by atoms with van der Waals surface area (Å²) in [5.74, 6) is 0.533. The molecule has 3 rings (SSSR count). The minimum absolute atomic E-state index is 0.0406. The van der Waals surface area contributed by atoms with Crippen molar-refractivity contribution in [3.63, 3.8) is 0 Å². The molecule has 1 aliphatic heterocycles. The highest BCUT2D eigenvalue weighted by Gasteiger charge is 2.28. The molecule has 1 amide bonds. The van der Waals surface area contributed by atoms with E-state index in [1.165, 1.54) is 0 Å². The first-order chi connectivity index (χ1) is 11.2. The van der Waals surface area contributed by atoms with Crippen molar-refractivity contribution >= 4 is 5.91 Å². The van der Waals surface area contributed by atoms with E-state index in [4.69, 9.17) is 0 Å². The van der Waals surface area contributed by atoms with Crippen LogP contribution in [0.1, 0.15) is 38.3 Å². The van der Waals surface area contributed by atoms with Crippen molar-refractivity contribution in [2.45, 2.75) is 32.6 Å². The molecule has 1 atom stereocenters. The van der Waals surface area contributed by atoms with E-state index in [-0.39, 0.29) is 17.7 Å². The summed E-state index contributed by atoms with van der Waals surface area (Å²) in [5.41, 5.74) is 3.15. The second-order valence-corrected chi connectivity index (χ2v) is 6.34. The Morgan fingerprint density at radius 1 is 1.26 bits per heavy atom. The summed E-state index contributed by atoms with van der Waals surface area (Å²) in [5, 5.41) is 0. The fourth-order valence-electron chi connectivity index (χ4n) is 3.18. The molecule has 0 N–H and O–H groups in total. The average molecular weight is 310 g/mol. The van der Waals surface area contributed by atoms with Gasteiger partial charge in [-0.3, -0.25) is 9.78 Å². The SMILES string of the molecule is CC(C)C(=O)N1CCCC(c2ncncc2-c2ccncc2)C1. The number of carbonyl (C=O) groups is 1. The third kappa shape index (κ3) is 3.38. The second-order valence-electron chi connectivity index (χ2n) is 6.34. The van der Waals surface area contributed by atoms with E-state index in [0.29, 0.717) is 0 Å². The lowest BCUT2D eigenvalue weighted by atomic mass is 9.89. The van der Waals surface area contributed by atoms with E-state index in [1.807, 2.05) is 37.1 Å². The first kappa shape index (κ1) is 15.6. The van der Waals surface area contributed by atoms with Gasteiger partial charge in [-0.25, -0.2) is 9.97 Å². The Morgan fingerprint density at radius 3 is 2.78 bits per heavy atom. The van der Waals surface area contributed by atoms with E-state index < -0.39 is 0 Å². The molecule has 120 valence electrons. The first-order valence-corrected chi connectivity index (χ1v) is 8.16. The van der Waals surface area contributed by atoms with Crippen LogP contribution in [0, 0.1) is 5.92 Å². The zero-order chi connectivity index (χ0) is 16.2. The van der Waals surface area contributed by atoms with E-state index in [2.05, 4.69) is 15.0 Å². The molecule has 23 heavy (non-hydrogen) atoms. The summed E-state index contributed by atoms with van der Waals surface area (Å²) >= 11 is 0. The van der Waals surface area contributed by atoms with Gasteiger partial charge in [-0.1, -0.05) is 13.8 Å². The fraction of sp³-hybridized carbons (Fsp3) is 0.444. The van der Waals surface area contributed by atoms with Gasteiger partial charge in [-0.15, -0.1) is 0 Å². The van der Waals surface area contributed by atoms with Gasteiger partial charge in [0.05, 0.1) is 5.69 Å². The maximum Gasteiger partial charge on any atom is 0.225 e. The van der Waals surface area contributed by atoms with Crippen LogP contribution in [-0.4, -0.2) is 38.8 Å². The van der Waals surface area contributed by atoms with Gasteiger partial charge in [0.15, 0.2) is 0 Å². The Labute approximate surface area is 136 Å². The molecule has 0 aliphatic carbocycles. The Kier molecular flexibility index (Phi) is 4.65. The summed E-state index contributed by atoms with van der Waals surface area (Å²) in [7, 11) is 0. The van der Waals surface area contributed by atoms with Crippen LogP contribution in [0.3, 0.4) is 0 Å². The van der Waals surface area contributed by atoms with Crippen LogP contribution < -0.4 is 0 Å². The predicted molar refractivity (Wildman–Crippen MR) is 88.7 cm³/mol. The fourth-order valence-corrected chi connectivity index (χ4v) is 3.18. The number of carbonyl (C=O) groups excluding carboxylic acids is 1. The molecule has 2 aromatic rings. The number of hydrogen-bond donors (Lipinski definition) is 0. The van der Waals surface area contributed by atoms with Gasteiger partial charge >= 0.3 is 0 Å². The zero-order valence-corrected chi connectivity index (χ0v) is 13.6. The number of likely N-dealkylation sites (tertiary alicyclic amines) is 1. The van der Waals surface area contributed by atoms with Gasteiger partial charge in [-0.2, -0.15) is 0 Å². The third-order valence-corrected chi connectivity index (χ3v) is 4.35. The van der Waals surface area contributed by atoms with E-state index in [0.717, 1.165) is 42.8 Å². The monoisotopic (exact) mass is 310 g/mol. The van der Waals surface area contributed by atoms with Crippen LogP contribution in [0.15, 0.2) is 37.1 Å². The first-order valence-electron chi connectivity index (χ1n) is 8.16. The Hall–Kier alpha value is -2.30. The molecule has 1 aliphatic rings. The normalized spacial score (nSPS) is 18.2. The van der Waals surface area contributed by atoms with Crippen molar-refractivity contribution in [2.75, 3.05) is 13.1 Å². The smallest absolute Gasteiger partial charge is 0.225 e. The molecule has 0 saturated carbocycles. The number of hydrogen-bond acceptors (Lipinski definition) is 4. The number of pyridine rings is 1. The topological polar surface area (TPSA) is 59.0 Å². The molecule has 1 fully saturated rings. The van der Waals surface area contributed by atoms with Gasteiger partial charge in [0.2, 0.25) is 5.91 Å². The lowest BCUT2D eigenvalue weighted by Crippen LogP contribution is -2.41. The van der Waals surface area contributed by atoms with Crippen LogP contribution in [0.25, 0.3) is 11.1 Å². The number of rotatable bonds is 3. The summed E-state index contributed by atoms with van der Waals surface area (Å²) in [6.45, 7) is 5.51. The van der Waals surface area contributed by atoms with E-state index in [9.17, 15) is 4.79 Å². The van der Waals surface area contributed by atoms with Crippen molar-refractivity contribution in [1.29, 1.82) is 0 Å². The average Bonchev–Trinajstić information content (AvgIpc) is 2.62. The molecule has 2 aromatic heterocycles. The summed E-state index contributed by atoms with van der Waals surface area (Å²) < 4.78 is 0. The lowest BCUT2D eigenvalue weighted by Gasteiger charge is -2.34. The van der Waals surface area contributed by atoms with Crippen LogP contribution in [-0.2, 0) is 4.79 Å². The largest absolute Gasteiger partial charge is 0.342 e. The number of amides is 1. The maximum atomic E-state index is 12.3. The molecule has 5 nitrogen and oxygen atoms in total. The van der Waals surface area contributed by atoms with Crippen LogP contribution in [0.4, 0.5) is 0 Å².